The molecule has 0 bridgehead atoms. The number of rotatable bonds is 4. The van der Waals surface area contributed by atoms with Gasteiger partial charge in [-0.3, -0.25) is 0 Å². The Morgan fingerprint density at radius 1 is 1.69 bits per heavy atom. The van der Waals surface area contributed by atoms with Crippen LogP contribution in [0.3, 0.4) is 0 Å². The summed E-state index contributed by atoms with van der Waals surface area (Å²) in [7, 11) is 1.81. The number of hydrogen-bond donors (Lipinski definition) is 2. The van der Waals surface area contributed by atoms with Gasteiger partial charge in [0.15, 0.2) is 0 Å². The van der Waals surface area contributed by atoms with Crippen molar-refractivity contribution in [3.63, 3.8) is 0 Å². The van der Waals surface area contributed by atoms with E-state index in [9.17, 15) is 4.79 Å². The standard InChI is InChI=1S/C8H16N2O3/c1-9-3-5-13-8(11)10-7-2-4-12-6-7/h7,9H,2-6H2,1H3,(H,10,11). The van der Waals surface area contributed by atoms with E-state index in [4.69, 9.17) is 9.47 Å². The molecule has 1 atom stereocenters. The summed E-state index contributed by atoms with van der Waals surface area (Å²) in [6.07, 6.45) is 0.520. The summed E-state index contributed by atoms with van der Waals surface area (Å²) in [6.45, 7) is 2.40. The minimum absolute atomic E-state index is 0.127. The van der Waals surface area contributed by atoms with E-state index < -0.39 is 0 Å². The van der Waals surface area contributed by atoms with Crippen LogP contribution in [0.15, 0.2) is 0 Å². The molecule has 0 aromatic rings. The highest BCUT2D eigenvalue weighted by Gasteiger charge is 2.17. The van der Waals surface area contributed by atoms with Crippen molar-refractivity contribution in [2.24, 2.45) is 0 Å². The second-order valence-electron chi connectivity index (χ2n) is 2.94. The Bertz CT molecular complexity index is 157. The Hall–Kier alpha value is -0.810. The van der Waals surface area contributed by atoms with Gasteiger partial charge >= 0.3 is 6.09 Å². The molecule has 1 aliphatic heterocycles. The summed E-state index contributed by atoms with van der Waals surface area (Å²) >= 11 is 0. The van der Waals surface area contributed by atoms with Crippen molar-refractivity contribution in [3.8, 4) is 0 Å². The lowest BCUT2D eigenvalue weighted by Crippen LogP contribution is -2.36. The molecule has 13 heavy (non-hydrogen) atoms. The molecule has 1 aliphatic rings. The Morgan fingerprint density at radius 3 is 3.15 bits per heavy atom. The van der Waals surface area contributed by atoms with E-state index in [-0.39, 0.29) is 12.1 Å². The van der Waals surface area contributed by atoms with E-state index in [1.807, 2.05) is 7.05 Å². The highest BCUT2D eigenvalue weighted by atomic mass is 16.5. The van der Waals surface area contributed by atoms with Crippen LogP contribution in [0, 0.1) is 0 Å². The number of likely N-dealkylation sites (N-methyl/N-ethyl adjacent to an activating group) is 1. The van der Waals surface area contributed by atoms with E-state index >= 15 is 0 Å². The van der Waals surface area contributed by atoms with Gasteiger partial charge in [0, 0.05) is 13.2 Å². The molecule has 0 saturated carbocycles. The van der Waals surface area contributed by atoms with Crippen LogP contribution >= 0.6 is 0 Å². The number of nitrogens with one attached hydrogen (secondary N) is 2. The first-order valence-electron chi connectivity index (χ1n) is 4.48. The molecule has 1 rings (SSSR count). The molecule has 1 unspecified atom stereocenters. The first kappa shape index (κ1) is 10.3. The quantitative estimate of drug-likeness (QED) is 0.596. The van der Waals surface area contributed by atoms with Gasteiger partial charge in [-0.25, -0.2) is 4.79 Å². The van der Waals surface area contributed by atoms with Gasteiger partial charge in [0.25, 0.3) is 0 Å². The van der Waals surface area contributed by atoms with Gasteiger partial charge in [-0.2, -0.15) is 0 Å². The Kier molecular flexibility index (Phi) is 4.56. The minimum atomic E-state index is -0.356. The summed E-state index contributed by atoms with van der Waals surface area (Å²) in [5.41, 5.74) is 0. The molecule has 76 valence electrons. The molecular weight excluding hydrogens is 172 g/mol. The van der Waals surface area contributed by atoms with Crippen molar-refractivity contribution in [2.45, 2.75) is 12.5 Å². The van der Waals surface area contributed by atoms with Crippen LogP contribution in [-0.2, 0) is 9.47 Å². The van der Waals surface area contributed by atoms with Crippen LogP contribution in [0.25, 0.3) is 0 Å². The van der Waals surface area contributed by atoms with Gasteiger partial charge in [-0.05, 0) is 13.5 Å². The van der Waals surface area contributed by atoms with Gasteiger partial charge < -0.3 is 20.1 Å². The zero-order valence-electron chi connectivity index (χ0n) is 7.84. The number of hydrogen-bond acceptors (Lipinski definition) is 4. The van der Waals surface area contributed by atoms with E-state index in [0.29, 0.717) is 19.8 Å². The third-order valence-corrected chi connectivity index (χ3v) is 1.84. The lowest BCUT2D eigenvalue weighted by atomic mass is 10.3. The van der Waals surface area contributed by atoms with E-state index in [1.165, 1.54) is 0 Å². The first-order valence-corrected chi connectivity index (χ1v) is 4.48. The van der Waals surface area contributed by atoms with Crippen LogP contribution in [0.2, 0.25) is 0 Å². The van der Waals surface area contributed by atoms with Crippen molar-refractivity contribution in [2.75, 3.05) is 33.4 Å². The maximum absolute atomic E-state index is 11.1. The molecule has 1 heterocycles. The minimum Gasteiger partial charge on any atom is -0.448 e. The molecule has 1 fully saturated rings. The van der Waals surface area contributed by atoms with Gasteiger partial charge in [-0.1, -0.05) is 0 Å². The second-order valence-corrected chi connectivity index (χ2v) is 2.94. The van der Waals surface area contributed by atoms with Crippen LogP contribution in [0.5, 0.6) is 0 Å². The molecule has 0 aliphatic carbocycles. The highest BCUT2D eigenvalue weighted by molar-refractivity contribution is 5.67. The average molecular weight is 188 g/mol. The number of carbonyl (C=O) groups is 1. The predicted molar refractivity (Wildman–Crippen MR) is 47.6 cm³/mol. The maximum Gasteiger partial charge on any atom is 0.407 e. The fourth-order valence-corrected chi connectivity index (χ4v) is 1.10. The fourth-order valence-electron chi connectivity index (χ4n) is 1.10. The summed E-state index contributed by atoms with van der Waals surface area (Å²) in [5, 5.41) is 5.61. The summed E-state index contributed by atoms with van der Waals surface area (Å²) in [5.74, 6) is 0. The van der Waals surface area contributed by atoms with Crippen molar-refractivity contribution in [3.05, 3.63) is 0 Å². The third-order valence-electron chi connectivity index (χ3n) is 1.84. The molecule has 1 saturated heterocycles. The number of amides is 1. The molecule has 0 spiro atoms. The zero-order valence-corrected chi connectivity index (χ0v) is 7.84. The highest BCUT2D eigenvalue weighted by Crippen LogP contribution is 2.02. The number of carbonyl (C=O) groups excluding carboxylic acids is 1. The molecule has 0 radical (unpaired) electrons. The van der Waals surface area contributed by atoms with E-state index in [0.717, 1.165) is 13.0 Å². The summed E-state index contributed by atoms with van der Waals surface area (Å²) < 4.78 is 9.98. The molecular formula is C8H16N2O3. The Morgan fingerprint density at radius 2 is 2.54 bits per heavy atom. The summed E-state index contributed by atoms with van der Waals surface area (Å²) in [4.78, 5) is 11.1. The fraction of sp³-hybridized carbons (Fsp3) is 0.875. The van der Waals surface area contributed by atoms with Crippen molar-refractivity contribution in [1.29, 1.82) is 0 Å². The number of alkyl carbamates (subject to hydrolysis) is 1. The molecule has 0 aromatic carbocycles. The van der Waals surface area contributed by atoms with E-state index in [2.05, 4.69) is 10.6 Å². The lowest BCUT2D eigenvalue weighted by molar-refractivity contribution is 0.139. The summed E-state index contributed by atoms with van der Waals surface area (Å²) in [6, 6.07) is 0.127. The van der Waals surface area contributed by atoms with Crippen LogP contribution in [0.4, 0.5) is 4.79 Å². The lowest BCUT2D eigenvalue weighted by Gasteiger charge is -2.10. The monoisotopic (exact) mass is 188 g/mol. The van der Waals surface area contributed by atoms with Crippen molar-refractivity contribution in [1.82, 2.24) is 10.6 Å². The van der Waals surface area contributed by atoms with Crippen molar-refractivity contribution >= 4 is 6.09 Å². The largest absolute Gasteiger partial charge is 0.448 e. The molecule has 5 nitrogen and oxygen atoms in total. The normalized spacial score (nSPS) is 21.5. The molecule has 2 N–H and O–H groups in total. The first-order chi connectivity index (χ1) is 6.33. The van der Waals surface area contributed by atoms with Crippen LogP contribution in [0.1, 0.15) is 6.42 Å². The van der Waals surface area contributed by atoms with Gasteiger partial charge in [0.2, 0.25) is 0 Å². The second kappa shape index (κ2) is 5.77. The predicted octanol–water partition coefficient (Wildman–Crippen LogP) is -0.279. The molecule has 1 amide bonds. The molecule has 0 aromatic heterocycles. The smallest absolute Gasteiger partial charge is 0.407 e. The van der Waals surface area contributed by atoms with Gasteiger partial charge in [0.05, 0.1) is 12.6 Å². The Balaban J connectivity index is 2.02. The van der Waals surface area contributed by atoms with Crippen LogP contribution < -0.4 is 10.6 Å². The van der Waals surface area contributed by atoms with Crippen molar-refractivity contribution < 1.29 is 14.3 Å². The number of ether oxygens (including phenoxy) is 2. The average Bonchev–Trinajstić information content (AvgIpc) is 2.57. The topological polar surface area (TPSA) is 59.6 Å². The zero-order chi connectivity index (χ0) is 9.52. The Labute approximate surface area is 77.8 Å². The van der Waals surface area contributed by atoms with E-state index in [1.54, 1.807) is 0 Å². The van der Waals surface area contributed by atoms with Gasteiger partial charge in [0.1, 0.15) is 6.61 Å². The SMILES string of the molecule is CNCCOC(=O)NC1CCOC1. The van der Waals surface area contributed by atoms with Crippen LogP contribution in [-0.4, -0.2) is 45.5 Å². The maximum atomic E-state index is 11.1. The van der Waals surface area contributed by atoms with Gasteiger partial charge in [-0.15, -0.1) is 0 Å². The third kappa shape index (κ3) is 4.10. The molecule has 5 heteroatoms.